The van der Waals surface area contributed by atoms with Crippen LogP contribution in [0, 0.1) is 0 Å². The lowest BCUT2D eigenvalue weighted by Crippen LogP contribution is -1.96. The molecule has 13 heavy (non-hydrogen) atoms. The van der Waals surface area contributed by atoms with E-state index in [0.717, 1.165) is 22.1 Å². The molecule has 0 aromatic heterocycles. The second kappa shape index (κ2) is 4.82. The fourth-order valence-corrected chi connectivity index (χ4v) is 1.82. The Morgan fingerprint density at radius 3 is 2.85 bits per heavy atom. The second-order valence-corrected chi connectivity index (χ2v) is 3.99. The van der Waals surface area contributed by atoms with Crippen molar-refractivity contribution < 1.29 is 4.79 Å². The predicted octanol–water partition coefficient (Wildman–Crippen LogP) is 3.17. The molecule has 0 saturated heterocycles. The van der Waals surface area contributed by atoms with Crippen LogP contribution >= 0.6 is 28.6 Å². The Bertz CT molecular complexity index is 312. The first kappa shape index (κ1) is 10.8. The molecule has 0 bridgehead atoms. The summed E-state index contributed by atoms with van der Waals surface area (Å²) < 4.78 is 0. The molecule has 0 heterocycles. The van der Waals surface area contributed by atoms with Crippen LogP contribution in [0.4, 0.5) is 0 Å². The van der Waals surface area contributed by atoms with Crippen LogP contribution < -0.4 is 0 Å². The van der Waals surface area contributed by atoms with Crippen molar-refractivity contribution in [2.75, 3.05) is 0 Å². The van der Waals surface area contributed by atoms with Crippen molar-refractivity contribution in [3.05, 3.63) is 29.3 Å². The lowest BCUT2D eigenvalue weighted by molar-refractivity contribution is -0.108. The molecule has 0 saturated carbocycles. The average Bonchev–Trinajstić information content (AvgIpc) is 2.17. The van der Waals surface area contributed by atoms with Gasteiger partial charge in [0.05, 0.1) is 0 Å². The molecule has 1 unspecified atom stereocenters. The number of carbonyl (C=O) groups excluding carboxylic acids is 1. The molecule has 0 aliphatic carbocycles. The van der Waals surface area contributed by atoms with E-state index in [1.165, 1.54) is 5.56 Å². The molecule has 1 atom stereocenters. The Morgan fingerprint density at radius 2 is 2.31 bits per heavy atom. The highest BCUT2D eigenvalue weighted by molar-refractivity contribution is 9.08. The number of benzene rings is 1. The van der Waals surface area contributed by atoms with Crippen molar-refractivity contribution in [1.82, 2.24) is 0 Å². The molecule has 3 heteroatoms. The summed E-state index contributed by atoms with van der Waals surface area (Å²) in [7, 11) is 0. The topological polar surface area (TPSA) is 17.1 Å². The van der Waals surface area contributed by atoms with E-state index in [1.54, 1.807) is 0 Å². The van der Waals surface area contributed by atoms with Gasteiger partial charge < -0.3 is 4.79 Å². The molecule has 0 radical (unpaired) electrons. The Hall–Kier alpha value is -0.280. The first-order valence-corrected chi connectivity index (χ1v) is 5.59. The summed E-state index contributed by atoms with van der Waals surface area (Å²) >= 11 is 7.68. The maximum absolute atomic E-state index is 10.6. The van der Waals surface area contributed by atoms with E-state index in [-0.39, 0.29) is 5.92 Å². The van der Waals surface area contributed by atoms with Gasteiger partial charge in [0, 0.05) is 16.1 Å². The summed E-state index contributed by atoms with van der Waals surface area (Å²) in [6.07, 6.45) is 0.938. The van der Waals surface area contributed by atoms with Gasteiger partial charge in [0.15, 0.2) is 0 Å². The van der Waals surface area contributed by atoms with Gasteiger partial charge in [0.1, 0.15) is 6.29 Å². The van der Waals surface area contributed by atoms with Gasteiger partial charge in [-0.25, -0.2) is 0 Å². The minimum absolute atomic E-state index is 0.0773. The monoisotopic (exact) mass is 258 g/mol. The molecule has 0 aliphatic heterocycles. The molecule has 0 N–H and O–H groups in total. The van der Waals surface area contributed by atoms with E-state index in [9.17, 15) is 4.79 Å². The molecule has 0 fully saturated rings. The van der Waals surface area contributed by atoms with Crippen LogP contribution in [0.3, 0.4) is 0 Å². The number of rotatable bonds is 3. The number of alkyl halides is 1. The van der Waals surface area contributed by atoms with Crippen LogP contribution in [0.2, 0.25) is 0 Å². The third-order valence-electron chi connectivity index (χ3n) is 1.94. The van der Waals surface area contributed by atoms with Gasteiger partial charge in [-0.15, -0.1) is 12.6 Å². The minimum atomic E-state index is -0.0773. The van der Waals surface area contributed by atoms with Crippen molar-refractivity contribution in [3.8, 4) is 0 Å². The van der Waals surface area contributed by atoms with Crippen molar-refractivity contribution in [1.29, 1.82) is 0 Å². The summed E-state index contributed by atoms with van der Waals surface area (Å²) in [4.78, 5) is 11.5. The molecular weight excluding hydrogens is 248 g/mol. The fourth-order valence-electron chi connectivity index (χ4n) is 1.13. The van der Waals surface area contributed by atoms with Crippen molar-refractivity contribution in [2.24, 2.45) is 0 Å². The standard InChI is InChI=1S/C10H11BrOS/c1-7(6-12)9-4-8(5-11)2-3-10(9)13/h2-4,6-7,13H,5H2,1H3. The number of aldehydes is 1. The molecule has 1 nitrogen and oxygen atoms in total. The highest BCUT2D eigenvalue weighted by Crippen LogP contribution is 2.23. The van der Waals surface area contributed by atoms with E-state index in [4.69, 9.17) is 0 Å². The molecule has 1 aromatic carbocycles. The minimum Gasteiger partial charge on any atom is -0.303 e. The zero-order chi connectivity index (χ0) is 9.84. The zero-order valence-corrected chi connectivity index (χ0v) is 9.81. The summed E-state index contributed by atoms with van der Waals surface area (Å²) in [6, 6.07) is 5.93. The van der Waals surface area contributed by atoms with Crippen molar-refractivity contribution in [3.63, 3.8) is 0 Å². The Kier molecular flexibility index (Phi) is 4.00. The molecule has 70 valence electrons. The van der Waals surface area contributed by atoms with Crippen LogP contribution in [-0.2, 0) is 10.1 Å². The van der Waals surface area contributed by atoms with E-state index >= 15 is 0 Å². The zero-order valence-electron chi connectivity index (χ0n) is 7.33. The van der Waals surface area contributed by atoms with Gasteiger partial charge in [0.2, 0.25) is 0 Å². The normalized spacial score (nSPS) is 12.5. The lowest BCUT2D eigenvalue weighted by atomic mass is 10.0. The number of thiol groups is 1. The molecule has 0 spiro atoms. The first-order valence-electron chi connectivity index (χ1n) is 4.02. The highest BCUT2D eigenvalue weighted by Gasteiger charge is 2.07. The van der Waals surface area contributed by atoms with Crippen molar-refractivity contribution in [2.45, 2.75) is 23.1 Å². The molecule has 1 rings (SSSR count). The van der Waals surface area contributed by atoms with Crippen LogP contribution in [0.1, 0.15) is 24.0 Å². The predicted molar refractivity (Wildman–Crippen MR) is 60.8 cm³/mol. The third-order valence-corrected chi connectivity index (χ3v) is 3.00. The molecule has 0 amide bonds. The van der Waals surface area contributed by atoms with E-state index in [2.05, 4.69) is 28.6 Å². The summed E-state index contributed by atoms with van der Waals surface area (Å²) in [5, 5.41) is 0.805. The average molecular weight is 259 g/mol. The number of hydrogen-bond acceptors (Lipinski definition) is 2. The van der Waals surface area contributed by atoms with Gasteiger partial charge in [-0.05, 0) is 17.2 Å². The van der Waals surface area contributed by atoms with E-state index in [0.29, 0.717) is 0 Å². The summed E-state index contributed by atoms with van der Waals surface area (Å²) in [5.74, 6) is -0.0773. The van der Waals surface area contributed by atoms with Gasteiger partial charge in [-0.1, -0.05) is 35.0 Å². The van der Waals surface area contributed by atoms with Crippen LogP contribution in [0.15, 0.2) is 23.1 Å². The van der Waals surface area contributed by atoms with Gasteiger partial charge in [-0.3, -0.25) is 0 Å². The lowest BCUT2D eigenvalue weighted by Gasteiger charge is -2.08. The quantitative estimate of drug-likeness (QED) is 0.501. The number of hydrogen-bond donors (Lipinski definition) is 1. The summed E-state index contributed by atoms with van der Waals surface area (Å²) in [6.45, 7) is 1.88. The highest BCUT2D eigenvalue weighted by atomic mass is 79.9. The smallest absolute Gasteiger partial charge is 0.127 e. The Labute approximate surface area is 92.1 Å². The van der Waals surface area contributed by atoms with E-state index in [1.807, 2.05) is 25.1 Å². The van der Waals surface area contributed by atoms with Crippen LogP contribution in [0.5, 0.6) is 0 Å². The maximum atomic E-state index is 10.6. The van der Waals surface area contributed by atoms with Gasteiger partial charge in [-0.2, -0.15) is 0 Å². The second-order valence-electron chi connectivity index (χ2n) is 2.95. The molecular formula is C10H11BrOS. The fraction of sp³-hybridized carbons (Fsp3) is 0.300. The van der Waals surface area contributed by atoms with Crippen LogP contribution in [0.25, 0.3) is 0 Å². The molecule has 0 aliphatic rings. The van der Waals surface area contributed by atoms with Crippen LogP contribution in [-0.4, -0.2) is 6.29 Å². The van der Waals surface area contributed by atoms with E-state index < -0.39 is 0 Å². The maximum Gasteiger partial charge on any atom is 0.127 e. The summed E-state index contributed by atoms with van der Waals surface area (Å²) in [5.41, 5.74) is 2.16. The van der Waals surface area contributed by atoms with Gasteiger partial charge in [0.25, 0.3) is 0 Å². The number of carbonyl (C=O) groups is 1. The Morgan fingerprint density at radius 1 is 1.62 bits per heavy atom. The van der Waals surface area contributed by atoms with Gasteiger partial charge >= 0.3 is 0 Å². The van der Waals surface area contributed by atoms with Crippen molar-refractivity contribution >= 4 is 34.8 Å². The number of halogens is 1. The molecule has 1 aromatic rings. The SMILES string of the molecule is CC(C=O)c1cc(CBr)ccc1S. The largest absolute Gasteiger partial charge is 0.303 e. The first-order chi connectivity index (χ1) is 6.19. The third kappa shape index (κ3) is 2.58. The Balaban J connectivity index is 3.10.